The monoisotopic (exact) mass is 319 g/mol. The van der Waals surface area contributed by atoms with E-state index in [1.807, 2.05) is 20.8 Å². The van der Waals surface area contributed by atoms with Crippen LogP contribution in [0.5, 0.6) is 0 Å². The van der Waals surface area contributed by atoms with Gasteiger partial charge in [-0.3, -0.25) is 4.79 Å². The summed E-state index contributed by atoms with van der Waals surface area (Å²) in [7, 11) is 0. The highest BCUT2D eigenvalue weighted by Crippen LogP contribution is 2.30. The van der Waals surface area contributed by atoms with Crippen molar-refractivity contribution in [3.05, 3.63) is 0 Å². The van der Waals surface area contributed by atoms with Gasteiger partial charge < -0.3 is 14.4 Å². The van der Waals surface area contributed by atoms with Crippen molar-refractivity contribution in [1.82, 2.24) is 4.90 Å². The molecule has 1 fully saturated rings. The number of carbonyl (C=O) groups excluding carboxylic acids is 2. The Balaban J connectivity index is 0.000000486. The van der Waals surface area contributed by atoms with Crippen LogP contribution in [0.1, 0.15) is 53.4 Å². The summed E-state index contributed by atoms with van der Waals surface area (Å²) in [6.45, 7) is 11.4. The number of halogens is 1. The molecule has 1 heterocycles. The molecule has 0 unspecified atom stereocenters. The molecule has 0 aliphatic carbocycles. The summed E-state index contributed by atoms with van der Waals surface area (Å²) in [4.78, 5) is 23.0. The summed E-state index contributed by atoms with van der Waals surface area (Å²) < 4.78 is 4.55. The van der Waals surface area contributed by atoms with E-state index in [1.165, 1.54) is 19.4 Å². The van der Waals surface area contributed by atoms with Gasteiger partial charge in [-0.1, -0.05) is 13.3 Å². The number of likely N-dealkylation sites (tertiary alicyclic amines) is 1. The molecule has 0 spiro atoms. The lowest BCUT2D eigenvalue weighted by Gasteiger charge is -2.36. The van der Waals surface area contributed by atoms with Gasteiger partial charge in [-0.2, -0.15) is 0 Å². The molecule has 0 amide bonds. The van der Waals surface area contributed by atoms with Gasteiger partial charge in [0.05, 0.1) is 0 Å². The van der Waals surface area contributed by atoms with Crippen LogP contribution in [-0.2, 0) is 14.3 Å². The third-order valence-corrected chi connectivity index (χ3v) is 4.13. The lowest BCUT2D eigenvalue weighted by atomic mass is 9.82. The molecule has 5 heteroatoms. The minimum atomic E-state index is -0.318. The number of ether oxygens (including phenoxy) is 1. The van der Waals surface area contributed by atoms with E-state index in [-0.39, 0.29) is 11.0 Å². The van der Waals surface area contributed by atoms with Crippen molar-refractivity contribution in [3.63, 3.8) is 0 Å². The van der Waals surface area contributed by atoms with Crippen LogP contribution in [0.15, 0.2) is 0 Å². The second-order valence-corrected chi connectivity index (χ2v) is 6.90. The average molecular weight is 320 g/mol. The van der Waals surface area contributed by atoms with E-state index in [1.54, 1.807) is 0 Å². The topological polar surface area (TPSA) is 46.6 Å². The Bertz CT molecular complexity index is 294. The lowest BCUT2D eigenvalue weighted by Crippen LogP contribution is -2.42. The number of hydrogen-bond acceptors (Lipinski definition) is 4. The minimum absolute atomic E-state index is 0.218. The lowest BCUT2D eigenvalue weighted by molar-refractivity contribution is -0.138. The highest BCUT2D eigenvalue weighted by atomic mass is 35.5. The van der Waals surface area contributed by atoms with Crippen LogP contribution >= 0.6 is 11.6 Å². The van der Waals surface area contributed by atoms with Crippen molar-refractivity contribution in [2.24, 2.45) is 5.41 Å². The number of unbranched alkanes of at least 4 members (excludes halogenated alkanes) is 1. The maximum Gasteiger partial charge on any atom is 0.293 e. The number of aldehydes is 1. The van der Waals surface area contributed by atoms with E-state index in [2.05, 4.69) is 16.6 Å². The number of rotatable bonds is 6. The van der Waals surface area contributed by atoms with Crippen LogP contribution in [0.4, 0.5) is 0 Å². The average Bonchev–Trinajstić information content (AvgIpc) is 2.45. The van der Waals surface area contributed by atoms with Crippen LogP contribution in [0.25, 0.3) is 0 Å². The fraction of sp³-hybridized carbons (Fsp3) is 0.875. The van der Waals surface area contributed by atoms with Crippen molar-refractivity contribution in [1.29, 1.82) is 0 Å². The van der Waals surface area contributed by atoms with Crippen molar-refractivity contribution >= 4 is 24.4 Å². The molecular weight excluding hydrogens is 290 g/mol. The van der Waals surface area contributed by atoms with Crippen LogP contribution in [-0.4, -0.2) is 48.8 Å². The third kappa shape index (κ3) is 9.10. The predicted octanol–water partition coefficient (Wildman–Crippen LogP) is 3.26. The van der Waals surface area contributed by atoms with Crippen LogP contribution in [0, 0.1) is 5.41 Å². The Hall–Kier alpha value is -0.610. The molecule has 4 nitrogen and oxygen atoms in total. The van der Waals surface area contributed by atoms with E-state index in [0.717, 1.165) is 32.2 Å². The predicted molar refractivity (Wildman–Crippen MR) is 86.7 cm³/mol. The summed E-state index contributed by atoms with van der Waals surface area (Å²) in [6, 6.07) is 0. The first-order chi connectivity index (χ1) is 9.82. The van der Waals surface area contributed by atoms with E-state index >= 15 is 0 Å². The van der Waals surface area contributed by atoms with Crippen LogP contribution in [0.3, 0.4) is 0 Å². The van der Waals surface area contributed by atoms with Gasteiger partial charge in [0.1, 0.15) is 11.9 Å². The molecular formula is C16H30ClNO3. The summed E-state index contributed by atoms with van der Waals surface area (Å²) in [5.41, 5.74) is -0.536. The normalized spacial score (nSPS) is 18.3. The van der Waals surface area contributed by atoms with Crippen molar-refractivity contribution < 1.29 is 14.3 Å². The number of piperidine rings is 1. The van der Waals surface area contributed by atoms with Gasteiger partial charge >= 0.3 is 0 Å². The van der Waals surface area contributed by atoms with Gasteiger partial charge in [0.2, 0.25) is 0 Å². The first-order valence-corrected chi connectivity index (χ1v) is 8.22. The molecule has 0 aromatic heterocycles. The van der Waals surface area contributed by atoms with E-state index in [9.17, 15) is 9.59 Å². The first-order valence-electron chi connectivity index (χ1n) is 7.68. The SMILES string of the molecule is CC(C)(C)OC=O.CCCCN1CCC(C=O)(CCl)CC1. The molecule has 0 aromatic rings. The highest BCUT2D eigenvalue weighted by molar-refractivity contribution is 6.19. The minimum Gasteiger partial charge on any atom is -0.462 e. The number of carbonyl (C=O) groups is 2. The van der Waals surface area contributed by atoms with Gasteiger partial charge in [0.25, 0.3) is 6.47 Å². The number of hydrogen-bond donors (Lipinski definition) is 0. The Kier molecular flexibility index (Phi) is 9.88. The quantitative estimate of drug-likeness (QED) is 0.557. The third-order valence-electron chi connectivity index (χ3n) is 3.60. The van der Waals surface area contributed by atoms with Crippen molar-refractivity contribution in [2.45, 2.75) is 59.0 Å². The standard InChI is InChI=1S/C11H20ClNO.C5H10O2/c1-2-3-6-13-7-4-11(9-12,10-14)5-8-13;1-5(2,3)7-4-6/h10H,2-9H2,1H3;4H,1-3H3. The molecule has 0 radical (unpaired) electrons. The number of alkyl halides is 1. The Morgan fingerprint density at radius 1 is 1.24 bits per heavy atom. The summed E-state index contributed by atoms with van der Waals surface area (Å²) in [5.74, 6) is 0.484. The molecule has 21 heavy (non-hydrogen) atoms. The van der Waals surface area contributed by atoms with Gasteiger partial charge in [0.15, 0.2) is 0 Å². The molecule has 1 aliphatic heterocycles. The largest absolute Gasteiger partial charge is 0.462 e. The van der Waals surface area contributed by atoms with Gasteiger partial charge in [0, 0.05) is 11.3 Å². The molecule has 0 N–H and O–H groups in total. The fourth-order valence-electron chi connectivity index (χ4n) is 2.03. The second-order valence-electron chi connectivity index (χ2n) is 6.64. The summed E-state index contributed by atoms with van der Waals surface area (Å²) >= 11 is 5.84. The Morgan fingerprint density at radius 3 is 2.10 bits per heavy atom. The maximum atomic E-state index is 10.9. The summed E-state index contributed by atoms with van der Waals surface area (Å²) in [5, 5.41) is 0. The first kappa shape index (κ1) is 20.4. The smallest absolute Gasteiger partial charge is 0.293 e. The molecule has 1 rings (SSSR count). The zero-order chi connectivity index (χ0) is 16.4. The molecule has 124 valence electrons. The molecule has 0 bridgehead atoms. The number of nitrogens with zero attached hydrogens (tertiary/aromatic N) is 1. The van der Waals surface area contributed by atoms with Gasteiger partial charge in [-0.05, 0) is 59.7 Å². The molecule has 0 atom stereocenters. The second kappa shape index (κ2) is 10.2. The van der Waals surface area contributed by atoms with Crippen molar-refractivity contribution in [3.8, 4) is 0 Å². The molecule has 1 aliphatic rings. The zero-order valence-corrected chi connectivity index (χ0v) is 14.6. The Morgan fingerprint density at radius 2 is 1.81 bits per heavy atom. The highest BCUT2D eigenvalue weighted by Gasteiger charge is 2.33. The van der Waals surface area contributed by atoms with Crippen molar-refractivity contribution in [2.75, 3.05) is 25.5 Å². The van der Waals surface area contributed by atoms with Crippen LogP contribution in [0.2, 0.25) is 0 Å². The molecule has 0 saturated carbocycles. The zero-order valence-electron chi connectivity index (χ0n) is 13.9. The van der Waals surface area contributed by atoms with E-state index < -0.39 is 0 Å². The van der Waals surface area contributed by atoms with Crippen LogP contribution < -0.4 is 0 Å². The molecule has 1 saturated heterocycles. The van der Waals surface area contributed by atoms with Gasteiger partial charge in [-0.25, -0.2) is 0 Å². The van der Waals surface area contributed by atoms with Gasteiger partial charge in [-0.15, -0.1) is 11.6 Å². The molecule has 0 aromatic carbocycles. The van der Waals surface area contributed by atoms with E-state index in [0.29, 0.717) is 12.4 Å². The fourth-order valence-corrected chi connectivity index (χ4v) is 2.36. The maximum absolute atomic E-state index is 10.9. The Labute approximate surface area is 134 Å². The summed E-state index contributed by atoms with van der Waals surface area (Å²) in [6.07, 6.45) is 5.43. The van der Waals surface area contributed by atoms with E-state index in [4.69, 9.17) is 11.6 Å².